The summed E-state index contributed by atoms with van der Waals surface area (Å²) < 4.78 is 0. The van der Waals surface area contributed by atoms with Crippen LogP contribution in [0.4, 0.5) is 0 Å². The Morgan fingerprint density at radius 2 is 1.84 bits per heavy atom. The highest BCUT2D eigenvalue weighted by Crippen LogP contribution is 2.30. The summed E-state index contributed by atoms with van der Waals surface area (Å²) in [6.45, 7) is 3.66. The van der Waals surface area contributed by atoms with Crippen molar-refractivity contribution in [2.45, 2.75) is 38.3 Å². The Morgan fingerprint density at radius 1 is 1.10 bits per heavy atom. The van der Waals surface area contributed by atoms with Crippen LogP contribution in [0.3, 0.4) is 0 Å². The second kappa shape index (κ2) is 9.29. The molecule has 4 rings (SSSR count). The molecule has 2 aliphatic rings. The molecule has 1 aromatic carbocycles. The number of carbonyl (C=O) groups excluding carboxylic acids is 3. The SMILES string of the molecule is CC(c1ccccc1)N1CC(C(=O)N2CCC(NC(=O)c3cccnc3)CC2)CC1=O. The predicted molar refractivity (Wildman–Crippen MR) is 116 cm³/mol. The number of amides is 3. The number of nitrogens with one attached hydrogen (secondary N) is 1. The molecule has 0 spiro atoms. The number of benzene rings is 1. The lowest BCUT2D eigenvalue weighted by Gasteiger charge is -2.34. The molecule has 2 fully saturated rings. The number of rotatable bonds is 5. The Bertz CT molecular complexity index is 926. The predicted octanol–water partition coefficient (Wildman–Crippen LogP) is 2.41. The van der Waals surface area contributed by atoms with Crippen LogP contribution in [0.5, 0.6) is 0 Å². The van der Waals surface area contributed by atoms with Crippen LogP contribution in [0.25, 0.3) is 0 Å². The molecule has 0 radical (unpaired) electrons. The van der Waals surface area contributed by atoms with E-state index in [9.17, 15) is 14.4 Å². The lowest BCUT2D eigenvalue weighted by molar-refractivity contribution is -0.136. The van der Waals surface area contributed by atoms with Crippen LogP contribution in [-0.2, 0) is 9.59 Å². The standard InChI is InChI=1S/C24H28N4O3/c1-17(18-6-3-2-4-7-18)28-16-20(14-22(28)29)24(31)27-12-9-21(10-13-27)26-23(30)19-8-5-11-25-15-19/h2-8,11,15,17,20-21H,9-10,12-14,16H2,1H3,(H,26,30). The molecular formula is C24H28N4O3. The first-order valence-electron chi connectivity index (χ1n) is 10.9. The third-order valence-corrected chi connectivity index (χ3v) is 6.32. The summed E-state index contributed by atoms with van der Waals surface area (Å²) in [6, 6.07) is 13.4. The fraction of sp³-hybridized carbons (Fsp3) is 0.417. The maximum atomic E-state index is 13.1. The first-order chi connectivity index (χ1) is 15.0. The number of hydrogen-bond donors (Lipinski definition) is 1. The van der Waals surface area contributed by atoms with E-state index in [0.29, 0.717) is 38.0 Å². The van der Waals surface area contributed by atoms with E-state index in [1.165, 1.54) is 0 Å². The third-order valence-electron chi connectivity index (χ3n) is 6.32. The van der Waals surface area contributed by atoms with Crippen LogP contribution in [0.15, 0.2) is 54.9 Å². The monoisotopic (exact) mass is 420 g/mol. The average Bonchev–Trinajstić information content (AvgIpc) is 3.21. The summed E-state index contributed by atoms with van der Waals surface area (Å²) in [5.74, 6) is -0.341. The van der Waals surface area contributed by atoms with E-state index in [2.05, 4.69) is 10.3 Å². The molecule has 2 saturated heterocycles. The molecule has 3 amide bonds. The van der Waals surface area contributed by atoms with Crippen molar-refractivity contribution in [3.05, 3.63) is 66.0 Å². The summed E-state index contributed by atoms with van der Waals surface area (Å²) in [4.78, 5) is 45.6. The zero-order valence-electron chi connectivity index (χ0n) is 17.7. The highest BCUT2D eigenvalue weighted by molar-refractivity contribution is 5.94. The van der Waals surface area contributed by atoms with Crippen molar-refractivity contribution in [1.29, 1.82) is 0 Å². The lowest BCUT2D eigenvalue weighted by atomic mass is 10.0. The molecule has 2 atom stereocenters. The Labute approximate surface area is 182 Å². The molecule has 0 bridgehead atoms. The fourth-order valence-electron chi connectivity index (χ4n) is 4.45. The molecular weight excluding hydrogens is 392 g/mol. The van der Waals surface area contributed by atoms with Gasteiger partial charge in [-0.05, 0) is 37.5 Å². The normalized spacial score (nSPS) is 20.5. The zero-order valence-corrected chi connectivity index (χ0v) is 17.7. The minimum Gasteiger partial charge on any atom is -0.349 e. The van der Waals surface area contributed by atoms with Gasteiger partial charge in [0.15, 0.2) is 0 Å². The van der Waals surface area contributed by atoms with Crippen LogP contribution in [0.1, 0.15) is 48.1 Å². The minimum atomic E-state index is -0.291. The third kappa shape index (κ3) is 4.76. The Kier molecular flexibility index (Phi) is 6.30. The number of hydrogen-bond acceptors (Lipinski definition) is 4. The van der Waals surface area contributed by atoms with E-state index in [1.54, 1.807) is 24.5 Å². The fourth-order valence-corrected chi connectivity index (χ4v) is 4.45. The second-order valence-corrected chi connectivity index (χ2v) is 8.35. The molecule has 0 aliphatic carbocycles. The van der Waals surface area contributed by atoms with Gasteiger partial charge in [-0.3, -0.25) is 19.4 Å². The number of nitrogens with zero attached hydrogens (tertiary/aromatic N) is 3. The van der Waals surface area contributed by atoms with E-state index < -0.39 is 0 Å². The molecule has 31 heavy (non-hydrogen) atoms. The van der Waals surface area contributed by atoms with Crippen molar-refractivity contribution >= 4 is 17.7 Å². The average molecular weight is 421 g/mol. The molecule has 7 nitrogen and oxygen atoms in total. The van der Waals surface area contributed by atoms with E-state index in [4.69, 9.17) is 0 Å². The first kappa shape index (κ1) is 21.0. The van der Waals surface area contributed by atoms with E-state index >= 15 is 0 Å². The smallest absolute Gasteiger partial charge is 0.253 e. The van der Waals surface area contributed by atoms with Gasteiger partial charge in [0.1, 0.15) is 0 Å². The van der Waals surface area contributed by atoms with Crippen molar-refractivity contribution in [1.82, 2.24) is 20.1 Å². The summed E-state index contributed by atoms with van der Waals surface area (Å²) in [5.41, 5.74) is 1.62. The Balaban J connectivity index is 1.29. The number of aromatic nitrogens is 1. The highest BCUT2D eigenvalue weighted by atomic mass is 16.2. The van der Waals surface area contributed by atoms with Crippen LogP contribution >= 0.6 is 0 Å². The van der Waals surface area contributed by atoms with Crippen LogP contribution in [0, 0.1) is 5.92 Å². The molecule has 2 aromatic rings. The van der Waals surface area contributed by atoms with Gasteiger partial charge in [0.25, 0.3) is 5.91 Å². The summed E-state index contributed by atoms with van der Waals surface area (Å²) in [6.07, 6.45) is 4.88. The van der Waals surface area contributed by atoms with Gasteiger partial charge in [-0.2, -0.15) is 0 Å². The van der Waals surface area contributed by atoms with Crippen molar-refractivity contribution in [3.8, 4) is 0 Å². The summed E-state index contributed by atoms with van der Waals surface area (Å²) >= 11 is 0. The van der Waals surface area contributed by atoms with Gasteiger partial charge in [-0.25, -0.2) is 0 Å². The topological polar surface area (TPSA) is 82.6 Å². The van der Waals surface area contributed by atoms with Crippen molar-refractivity contribution in [2.75, 3.05) is 19.6 Å². The van der Waals surface area contributed by atoms with Gasteiger partial charge in [0, 0.05) is 44.5 Å². The zero-order chi connectivity index (χ0) is 21.8. The maximum absolute atomic E-state index is 13.1. The highest BCUT2D eigenvalue weighted by Gasteiger charge is 2.39. The molecule has 162 valence electrons. The van der Waals surface area contributed by atoms with Crippen molar-refractivity contribution in [3.63, 3.8) is 0 Å². The molecule has 1 aromatic heterocycles. The quantitative estimate of drug-likeness (QED) is 0.805. The molecule has 1 N–H and O–H groups in total. The molecule has 3 heterocycles. The lowest BCUT2D eigenvalue weighted by Crippen LogP contribution is -2.48. The van der Waals surface area contributed by atoms with Crippen LogP contribution in [0.2, 0.25) is 0 Å². The van der Waals surface area contributed by atoms with Gasteiger partial charge < -0.3 is 15.1 Å². The van der Waals surface area contributed by atoms with E-state index in [-0.39, 0.29) is 42.1 Å². The number of carbonyl (C=O) groups is 3. The largest absolute Gasteiger partial charge is 0.349 e. The molecule has 7 heteroatoms. The maximum Gasteiger partial charge on any atom is 0.253 e. The summed E-state index contributed by atoms with van der Waals surface area (Å²) in [5, 5.41) is 3.03. The van der Waals surface area contributed by atoms with E-state index in [0.717, 1.165) is 5.56 Å². The van der Waals surface area contributed by atoms with E-state index in [1.807, 2.05) is 47.1 Å². The van der Waals surface area contributed by atoms with Crippen molar-refractivity contribution < 1.29 is 14.4 Å². The number of pyridine rings is 1. The molecule has 2 unspecified atom stereocenters. The van der Waals surface area contributed by atoms with Gasteiger partial charge in [-0.1, -0.05) is 30.3 Å². The molecule has 2 aliphatic heterocycles. The van der Waals surface area contributed by atoms with Gasteiger partial charge in [-0.15, -0.1) is 0 Å². The van der Waals surface area contributed by atoms with Crippen molar-refractivity contribution in [2.24, 2.45) is 5.92 Å². The minimum absolute atomic E-state index is 0.0355. The Hall–Kier alpha value is -3.22. The van der Waals surface area contributed by atoms with Gasteiger partial charge in [0.2, 0.25) is 11.8 Å². The Morgan fingerprint density at radius 3 is 2.52 bits per heavy atom. The number of piperidine rings is 1. The van der Waals surface area contributed by atoms with Gasteiger partial charge >= 0.3 is 0 Å². The molecule has 0 saturated carbocycles. The second-order valence-electron chi connectivity index (χ2n) is 8.35. The summed E-state index contributed by atoms with van der Waals surface area (Å²) in [7, 11) is 0. The van der Waals surface area contributed by atoms with Gasteiger partial charge in [0.05, 0.1) is 17.5 Å². The van der Waals surface area contributed by atoms with Crippen LogP contribution < -0.4 is 5.32 Å². The number of likely N-dealkylation sites (tertiary alicyclic amines) is 2. The first-order valence-corrected chi connectivity index (χ1v) is 10.9. The van der Waals surface area contributed by atoms with Crippen LogP contribution in [-0.4, -0.2) is 58.2 Å².